The van der Waals surface area contributed by atoms with E-state index in [1.165, 1.54) is 0 Å². The monoisotopic (exact) mass is 148 g/mol. The number of carbonyl (C=O) groups is 1. The van der Waals surface area contributed by atoms with Crippen LogP contribution in [0, 0.1) is 0 Å². The van der Waals surface area contributed by atoms with Crippen molar-refractivity contribution in [3.63, 3.8) is 0 Å². The van der Waals surface area contributed by atoms with Gasteiger partial charge in [0.2, 0.25) is 5.91 Å². The third kappa shape index (κ3) is 1.56. The van der Waals surface area contributed by atoms with Crippen molar-refractivity contribution in [3.05, 3.63) is 0 Å². The highest BCUT2D eigenvalue weighted by Crippen LogP contribution is 2.02. The first-order valence-corrected chi connectivity index (χ1v) is 3.36. The second kappa shape index (κ2) is 3.03. The number of rotatable bonds is 1. The molecule has 0 bridgehead atoms. The average molecular weight is 149 g/mol. The average Bonchev–Trinajstić information content (AvgIpc) is 1.89. The van der Waals surface area contributed by atoms with Crippen molar-refractivity contribution < 1.29 is 4.79 Å². The van der Waals surface area contributed by atoms with Crippen LogP contribution in [0.5, 0.6) is 0 Å². The van der Waals surface area contributed by atoms with Crippen LogP contribution < -0.4 is 10.2 Å². The van der Waals surface area contributed by atoms with Gasteiger partial charge in [-0.15, -0.1) is 0 Å². The molecule has 52 valence electrons. The Hall–Kier alpha value is -0.280. The predicted molar refractivity (Wildman–Crippen MR) is 35.0 cm³/mol. The normalized spacial score (nSPS) is 27.7. The second-order valence-corrected chi connectivity index (χ2v) is 2.31. The van der Waals surface area contributed by atoms with Gasteiger partial charge in [0.05, 0.1) is 0 Å². The standard InChI is InChI=1S/C5H9ClN2O/c6-8-4-2-1-3-7-5(4)9/h4,8H,1-3H2,(H,7,9). The van der Waals surface area contributed by atoms with Crippen LogP contribution in [0.25, 0.3) is 0 Å². The van der Waals surface area contributed by atoms with Gasteiger partial charge in [-0.05, 0) is 24.6 Å². The molecule has 1 atom stereocenters. The first-order valence-electron chi connectivity index (χ1n) is 2.98. The number of nitrogens with one attached hydrogen (secondary N) is 2. The molecule has 3 nitrogen and oxygen atoms in total. The van der Waals surface area contributed by atoms with Gasteiger partial charge in [0, 0.05) is 6.54 Å². The molecule has 9 heavy (non-hydrogen) atoms. The SMILES string of the molecule is O=C1NCCCC1NCl. The summed E-state index contributed by atoms with van der Waals surface area (Å²) in [5, 5.41) is 2.70. The maximum Gasteiger partial charge on any atom is 0.238 e. The topological polar surface area (TPSA) is 41.1 Å². The van der Waals surface area contributed by atoms with E-state index in [2.05, 4.69) is 10.2 Å². The van der Waals surface area contributed by atoms with Crippen molar-refractivity contribution in [2.45, 2.75) is 18.9 Å². The molecule has 1 heterocycles. The number of piperidine rings is 1. The third-order valence-electron chi connectivity index (χ3n) is 1.42. The number of amides is 1. The Morgan fingerprint density at radius 3 is 3.00 bits per heavy atom. The van der Waals surface area contributed by atoms with Crippen LogP contribution in [-0.4, -0.2) is 18.5 Å². The maximum absolute atomic E-state index is 10.8. The second-order valence-electron chi connectivity index (χ2n) is 2.09. The highest BCUT2D eigenvalue weighted by molar-refractivity contribution is 6.15. The first-order chi connectivity index (χ1) is 4.34. The van der Waals surface area contributed by atoms with Gasteiger partial charge in [-0.2, -0.15) is 0 Å². The van der Waals surface area contributed by atoms with Gasteiger partial charge >= 0.3 is 0 Å². The highest BCUT2D eigenvalue weighted by atomic mass is 35.5. The molecule has 1 saturated heterocycles. The molecule has 0 radical (unpaired) electrons. The molecule has 1 rings (SSSR count). The summed E-state index contributed by atoms with van der Waals surface area (Å²) in [4.78, 5) is 13.2. The maximum atomic E-state index is 10.8. The van der Waals surface area contributed by atoms with Gasteiger partial charge in [0.25, 0.3) is 0 Å². The smallest absolute Gasteiger partial charge is 0.238 e. The van der Waals surface area contributed by atoms with Crippen LogP contribution >= 0.6 is 11.8 Å². The molecule has 1 fully saturated rings. The van der Waals surface area contributed by atoms with Gasteiger partial charge < -0.3 is 5.32 Å². The van der Waals surface area contributed by atoms with Gasteiger partial charge in [0.1, 0.15) is 6.04 Å². The van der Waals surface area contributed by atoms with Gasteiger partial charge in [0.15, 0.2) is 0 Å². The first kappa shape index (κ1) is 6.83. The van der Waals surface area contributed by atoms with Gasteiger partial charge in [-0.25, -0.2) is 4.84 Å². The summed E-state index contributed by atoms with van der Waals surface area (Å²) in [6.07, 6.45) is 1.85. The summed E-state index contributed by atoms with van der Waals surface area (Å²) in [5.41, 5.74) is 0. The highest BCUT2D eigenvalue weighted by Gasteiger charge is 2.19. The summed E-state index contributed by atoms with van der Waals surface area (Å²) in [7, 11) is 0. The van der Waals surface area contributed by atoms with E-state index in [9.17, 15) is 4.79 Å². The molecule has 1 unspecified atom stereocenters. The predicted octanol–water partition coefficient (Wildman–Crippen LogP) is 0.00840. The number of carbonyl (C=O) groups excluding carboxylic acids is 1. The van der Waals surface area contributed by atoms with E-state index < -0.39 is 0 Å². The lowest BCUT2D eigenvalue weighted by molar-refractivity contribution is -0.123. The molecule has 1 amide bonds. The van der Waals surface area contributed by atoms with Crippen LogP contribution in [0.1, 0.15) is 12.8 Å². The van der Waals surface area contributed by atoms with Gasteiger partial charge in [-0.1, -0.05) is 0 Å². The summed E-state index contributed by atoms with van der Waals surface area (Å²) in [5.74, 6) is 0.0104. The van der Waals surface area contributed by atoms with E-state index in [0.717, 1.165) is 19.4 Å². The van der Waals surface area contributed by atoms with Crippen molar-refractivity contribution in [2.75, 3.05) is 6.54 Å². The molecule has 0 aliphatic carbocycles. The zero-order valence-corrected chi connectivity index (χ0v) is 5.74. The lowest BCUT2D eigenvalue weighted by Gasteiger charge is -2.19. The summed E-state index contributed by atoms with van der Waals surface area (Å²) in [6.45, 7) is 0.786. The zero-order valence-electron chi connectivity index (χ0n) is 4.98. The number of hydrogen-bond donors (Lipinski definition) is 2. The quantitative estimate of drug-likeness (QED) is 0.515. The molecule has 0 aromatic carbocycles. The van der Waals surface area contributed by atoms with Crippen LogP contribution in [-0.2, 0) is 4.79 Å². The van der Waals surface area contributed by atoms with Crippen molar-refractivity contribution in [1.82, 2.24) is 10.2 Å². The lowest BCUT2D eigenvalue weighted by atomic mass is 10.1. The van der Waals surface area contributed by atoms with Crippen LogP contribution in [0.15, 0.2) is 0 Å². The van der Waals surface area contributed by atoms with E-state index >= 15 is 0 Å². The molecular formula is C5H9ClN2O. The Kier molecular flexibility index (Phi) is 2.30. The van der Waals surface area contributed by atoms with E-state index in [-0.39, 0.29) is 11.9 Å². The number of halogens is 1. The summed E-state index contributed by atoms with van der Waals surface area (Å²) < 4.78 is 0. The molecule has 0 spiro atoms. The number of hydrogen-bond acceptors (Lipinski definition) is 2. The Morgan fingerprint density at radius 1 is 1.78 bits per heavy atom. The van der Waals surface area contributed by atoms with E-state index in [0.29, 0.717) is 0 Å². The van der Waals surface area contributed by atoms with E-state index in [1.807, 2.05) is 0 Å². The molecular weight excluding hydrogens is 140 g/mol. The fourth-order valence-electron chi connectivity index (χ4n) is 0.876. The van der Waals surface area contributed by atoms with Crippen molar-refractivity contribution in [1.29, 1.82) is 0 Å². The Labute approximate surface area is 58.9 Å². The molecule has 1 aliphatic heterocycles. The Morgan fingerprint density at radius 2 is 2.56 bits per heavy atom. The van der Waals surface area contributed by atoms with Crippen molar-refractivity contribution in [3.8, 4) is 0 Å². The minimum atomic E-state index is -0.180. The third-order valence-corrected chi connectivity index (χ3v) is 1.68. The molecule has 0 aromatic rings. The summed E-state index contributed by atoms with van der Waals surface area (Å²) in [6, 6.07) is -0.180. The molecule has 4 heteroatoms. The Balaban J connectivity index is 2.39. The summed E-state index contributed by atoms with van der Waals surface area (Å²) >= 11 is 5.26. The Bertz CT molecular complexity index is 118. The minimum absolute atomic E-state index is 0.0104. The molecule has 0 saturated carbocycles. The largest absolute Gasteiger partial charge is 0.355 e. The van der Waals surface area contributed by atoms with E-state index in [1.54, 1.807) is 0 Å². The van der Waals surface area contributed by atoms with E-state index in [4.69, 9.17) is 11.8 Å². The van der Waals surface area contributed by atoms with Crippen LogP contribution in [0.2, 0.25) is 0 Å². The molecule has 1 aliphatic rings. The zero-order chi connectivity index (χ0) is 6.69. The molecule has 2 N–H and O–H groups in total. The molecule has 0 aromatic heterocycles. The van der Waals surface area contributed by atoms with Crippen LogP contribution in [0.4, 0.5) is 0 Å². The minimum Gasteiger partial charge on any atom is -0.355 e. The lowest BCUT2D eigenvalue weighted by Crippen LogP contribution is -2.45. The fourth-order valence-corrected chi connectivity index (χ4v) is 1.08. The van der Waals surface area contributed by atoms with Crippen LogP contribution in [0.3, 0.4) is 0 Å². The van der Waals surface area contributed by atoms with Gasteiger partial charge in [-0.3, -0.25) is 4.79 Å². The van der Waals surface area contributed by atoms with Crippen molar-refractivity contribution in [2.24, 2.45) is 0 Å². The van der Waals surface area contributed by atoms with Crippen molar-refractivity contribution >= 4 is 17.7 Å². The fraction of sp³-hybridized carbons (Fsp3) is 0.800.